The number of alkyl halides is 3. The first-order valence-corrected chi connectivity index (χ1v) is 6.39. The first-order chi connectivity index (χ1) is 10.7. The molecule has 1 aromatic carbocycles. The van der Waals surface area contributed by atoms with Gasteiger partial charge in [0.25, 0.3) is 11.8 Å². The molecule has 0 aliphatic carbocycles. The second-order valence-electron chi connectivity index (χ2n) is 4.67. The van der Waals surface area contributed by atoms with Crippen molar-refractivity contribution < 1.29 is 28.2 Å². The molecule has 3 N–H and O–H groups in total. The molecule has 0 bridgehead atoms. The molecule has 0 atom stereocenters. The minimum atomic E-state index is -4.48. The average molecular weight is 327 g/mol. The predicted octanol–water partition coefficient (Wildman–Crippen LogP) is 2.15. The quantitative estimate of drug-likeness (QED) is 0.803. The lowest BCUT2D eigenvalue weighted by Gasteiger charge is -2.10. The van der Waals surface area contributed by atoms with Gasteiger partial charge >= 0.3 is 6.18 Å². The van der Waals surface area contributed by atoms with E-state index in [4.69, 9.17) is 0 Å². The maximum atomic E-state index is 12.6. The largest absolute Gasteiger partial charge is 0.501 e. The lowest BCUT2D eigenvalue weighted by atomic mass is 10.1. The van der Waals surface area contributed by atoms with Crippen molar-refractivity contribution in [2.75, 3.05) is 0 Å². The fourth-order valence-corrected chi connectivity index (χ4v) is 1.83. The normalized spacial score (nSPS) is 11.3. The van der Waals surface area contributed by atoms with E-state index in [0.29, 0.717) is 0 Å². The minimum absolute atomic E-state index is 0.0597. The zero-order chi connectivity index (χ0) is 17.2. The molecular weight excluding hydrogens is 315 g/mol. The van der Waals surface area contributed by atoms with Gasteiger partial charge in [0.15, 0.2) is 5.69 Å². The van der Waals surface area contributed by atoms with Crippen molar-refractivity contribution in [3.63, 3.8) is 0 Å². The zero-order valence-electron chi connectivity index (χ0n) is 11.8. The summed E-state index contributed by atoms with van der Waals surface area (Å²) < 4.78 is 37.8. The van der Waals surface area contributed by atoms with Crippen LogP contribution in [-0.2, 0) is 12.7 Å². The van der Waals surface area contributed by atoms with Gasteiger partial charge < -0.3 is 15.5 Å². The molecule has 2 rings (SSSR count). The summed E-state index contributed by atoms with van der Waals surface area (Å²) >= 11 is 0. The molecule has 0 aliphatic rings. The summed E-state index contributed by atoms with van der Waals surface area (Å²) in [5.74, 6) is -2.33. The number of halogens is 3. The minimum Gasteiger partial charge on any atom is -0.501 e. The molecule has 0 aliphatic heterocycles. The van der Waals surface area contributed by atoms with E-state index in [2.05, 4.69) is 15.3 Å². The van der Waals surface area contributed by atoms with Gasteiger partial charge in [0.2, 0.25) is 5.75 Å². The van der Waals surface area contributed by atoms with Crippen LogP contribution < -0.4 is 5.32 Å². The van der Waals surface area contributed by atoms with E-state index in [9.17, 15) is 28.2 Å². The smallest absolute Gasteiger partial charge is 0.416 e. The van der Waals surface area contributed by atoms with Crippen molar-refractivity contribution in [3.05, 3.63) is 46.9 Å². The summed E-state index contributed by atoms with van der Waals surface area (Å²) in [6.45, 7) is 1.20. The fraction of sp³-hybridized carbons (Fsp3) is 0.214. The summed E-state index contributed by atoms with van der Waals surface area (Å²) in [6, 6.07) is 4.46. The second-order valence-corrected chi connectivity index (χ2v) is 4.67. The molecule has 9 heteroatoms. The highest BCUT2D eigenvalue weighted by atomic mass is 19.4. The third kappa shape index (κ3) is 3.87. The predicted molar refractivity (Wildman–Crippen MR) is 72.7 cm³/mol. The first kappa shape index (κ1) is 16.5. The number of amides is 1. The number of carbonyl (C=O) groups is 1. The maximum absolute atomic E-state index is 12.6. The van der Waals surface area contributed by atoms with E-state index in [1.165, 1.54) is 19.1 Å². The van der Waals surface area contributed by atoms with Gasteiger partial charge in [0, 0.05) is 6.54 Å². The topological polar surface area (TPSA) is 95.3 Å². The van der Waals surface area contributed by atoms with Crippen LogP contribution in [0, 0.1) is 6.92 Å². The maximum Gasteiger partial charge on any atom is 0.416 e. The number of aromatic nitrogens is 2. The Hall–Kier alpha value is -2.84. The van der Waals surface area contributed by atoms with E-state index in [1.54, 1.807) is 0 Å². The molecule has 23 heavy (non-hydrogen) atoms. The van der Waals surface area contributed by atoms with Crippen LogP contribution in [0.5, 0.6) is 11.6 Å². The van der Waals surface area contributed by atoms with Crippen LogP contribution in [0.4, 0.5) is 13.2 Å². The Morgan fingerprint density at radius 2 is 1.96 bits per heavy atom. The third-order valence-electron chi connectivity index (χ3n) is 2.90. The highest BCUT2D eigenvalue weighted by molar-refractivity contribution is 5.95. The van der Waals surface area contributed by atoms with Crippen molar-refractivity contribution >= 4 is 5.91 Å². The zero-order valence-corrected chi connectivity index (χ0v) is 11.8. The Labute approximate surface area is 128 Å². The third-order valence-corrected chi connectivity index (χ3v) is 2.90. The summed E-state index contributed by atoms with van der Waals surface area (Å²) in [7, 11) is 0. The molecule has 0 fully saturated rings. The number of benzene rings is 1. The van der Waals surface area contributed by atoms with Crippen LogP contribution >= 0.6 is 0 Å². The summed E-state index contributed by atoms with van der Waals surface area (Å²) in [4.78, 5) is 19.1. The SMILES string of the molecule is Cc1nc(O)c(O)c(C(=O)NCc2cccc(C(F)(F)F)c2)n1. The Bertz CT molecular complexity index is 748. The monoisotopic (exact) mass is 327 g/mol. The summed E-state index contributed by atoms with van der Waals surface area (Å²) in [5, 5.41) is 21.2. The van der Waals surface area contributed by atoms with Gasteiger partial charge in [-0.2, -0.15) is 18.2 Å². The standard InChI is InChI=1S/C14H12F3N3O3/c1-7-19-10(11(21)13(23)20-7)12(22)18-6-8-3-2-4-9(5-8)14(15,16)17/h2-5,21H,6H2,1H3,(H,18,22)(H,19,20,23). The van der Waals surface area contributed by atoms with Crippen molar-refractivity contribution in [3.8, 4) is 11.6 Å². The van der Waals surface area contributed by atoms with E-state index in [0.717, 1.165) is 12.1 Å². The molecule has 6 nitrogen and oxygen atoms in total. The van der Waals surface area contributed by atoms with Crippen molar-refractivity contribution in [1.29, 1.82) is 0 Å². The van der Waals surface area contributed by atoms with Crippen molar-refractivity contribution in [2.45, 2.75) is 19.6 Å². The van der Waals surface area contributed by atoms with E-state index in [1.807, 2.05) is 0 Å². The Morgan fingerprint density at radius 1 is 1.26 bits per heavy atom. The van der Waals surface area contributed by atoms with E-state index in [-0.39, 0.29) is 17.9 Å². The molecule has 1 amide bonds. The molecule has 122 valence electrons. The number of hydrogen-bond donors (Lipinski definition) is 3. The molecule has 1 aromatic heterocycles. The first-order valence-electron chi connectivity index (χ1n) is 6.39. The number of hydrogen-bond acceptors (Lipinski definition) is 5. The van der Waals surface area contributed by atoms with Gasteiger partial charge in [-0.05, 0) is 24.6 Å². The Morgan fingerprint density at radius 3 is 2.61 bits per heavy atom. The van der Waals surface area contributed by atoms with Crippen LogP contribution in [0.15, 0.2) is 24.3 Å². The van der Waals surface area contributed by atoms with E-state index < -0.39 is 35.0 Å². The van der Waals surface area contributed by atoms with Crippen LogP contribution in [0.3, 0.4) is 0 Å². The number of aryl methyl sites for hydroxylation is 1. The van der Waals surface area contributed by atoms with Crippen molar-refractivity contribution in [2.24, 2.45) is 0 Å². The number of rotatable bonds is 3. The molecule has 0 spiro atoms. The molecule has 2 aromatic rings. The van der Waals surface area contributed by atoms with Crippen LogP contribution in [0.1, 0.15) is 27.4 Å². The van der Waals surface area contributed by atoms with Gasteiger partial charge in [0.1, 0.15) is 5.82 Å². The number of carbonyl (C=O) groups excluding carboxylic acids is 1. The van der Waals surface area contributed by atoms with Gasteiger partial charge in [-0.15, -0.1) is 0 Å². The number of aromatic hydroxyl groups is 2. The molecule has 1 heterocycles. The van der Waals surface area contributed by atoms with Crippen LogP contribution in [0.2, 0.25) is 0 Å². The fourth-order valence-electron chi connectivity index (χ4n) is 1.83. The molecular formula is C14H12F3N3O3. The lowest BCUT2D eigenvalue weighted by Crippen LogP contribution is -2.24. The molecule has 0 saturated carbocycles. The van der Waals surface area contributed by atoms with Crippen LogP contribution in [0.25, 0.3) is 0 Å². The number of nitrogens with one attached hydrogen (secondary N) is 1. The highest BCUT2D eigenvalue weighted by Crippen LogP contribution is 2.29. The second kappa shape index (κ2) is 6.11. The van der Waals surface area contributed by atoms with Gasteiger partial charge in [-0.1, -0.05) is 12.1 Å². The molecule has 0 unspecified atom stereocenters. The van der Waals surface area contributed by atoms with Gasteiger partial charge in [-0.3, -0.25) is 4.79 Å². The number of nitrogens with zero attached hydrogens (tertiary/aromatic N) is 2. The molecule has 0 radical (unpaired) electrons. The Balaban J connectivity index is 2.14. The average Bonchev–Trinajstić information content (AvgIpc) is 2.48. The van der Waals surface area contributed by atoms with Gasteiger partial charge in [0.05, 0.1) is 5.56 Å². The van der Waals surface area contributed by atoms with E-state index >= 15 is 0 Å². The van der Waals surface area contributed by atoms with Crippen LogP contribution in [-0.4, -0.2) is 26.1 Å². The molecule has 0 saturated heterocycles. The summed E-state index contributed by atoms with van der Waals surface area (Å²) in [6.07, 6.45) is -4.48. The van der Waals surface area contributed by atoms with Gasteiger partial charge in [-0.25, -0.2) is 4.98 Å². The Kier molecular flexibility index (Phi) is 4.39. The lowest BCUT2D eigenvalue weighted by molar-refractivity contribution is -0.137. The summed E-state index contributed by atoms with van der Waals surface area (Å²) in [5.41, 5.74) is -1.06. The highest BCUT2D eigenvalue weighted by Gasteiger charge is 2.30. The van der Waals surface area contributed by atoms with Crippen molar-refractivity contribution in [1.82, 2.24) is 15.3 Å².